The number of thiophene rings is 1. The highest BCUT2D eigenvalue weighted by atomic mass is 32.1. The Labute approximate surface area is 149 Å². The van der Waals surface area contributed by atoms with Crippen molar-refractivity contribution >= 4 is 34.6 Å². The van der Waals surface area contributed by atoms with Crippen molar-refractivity contribution in [3.63, 3.8) is 0 Å². The van der Waals surface area contributed by atoms with Crippen LogP contribution in [0.2, 0.25) is 0 Å². The van der Waals surface area contributed by atoms with E-state index in [4.69, 9.17) is 4.74 Å². The SMILES string of the molecule is CCOC(=O)C1CCCCN1C(=O)c1sc(-c2ccsc2)nc1C. The monoisotopic (exact) mass is 364 g/mol. The summed E-state index contributed by atoms with van der Waals surface area (Å²) in [6.07, 6.45) is 2.52. The smallest absolute Gasteiger partial charge is 0.328 e. The molecule has 3 rings (SSSR count). The summed E-state index contributed by atoms with van der Waals surface area (Å²) in [6.45, 7) is 4.56. The summed E-state index contributed by atoms with van der Waals surface area (Å²) in [4.78, 5) is 32.0. The fourth-order valence-electron chi connectivity index (χ4n) is 2.89. The van der Waals surface area contributed by atoms with E-state index >= 15 is 0 Å². The van der Waals surface area contributed by atoms with Crippen molar-refractivity contribution in [2.45, 2.75) is 39.2 Å². The van der Waals surface area contributed by atoms with E-state index < -0.39 is 6.04 Å². The normalized spacial score (nSPS) is 17.8. The van der Waals surface area contributed by atoms with Crippen molar-refractivity contribution in [3.8, 4) is 10.6 Å². The number of amides is 1. The lowest BCUT2D eigenvalue weighted by molar-refractivity contribution is -0.149. The Morgan fingerprint density at radius 2 is 2.25 bits per heavy atom. The van der Waals surface area contributed by atoms with Gasteiger partial charge in [0, 0.05) is 17.5 Å². The zero-order valence-electron chi connectivity index (χ0n) is 13.8. The Bertz CT molecular complexity index is 724. The number of thiazole rings is 1. The number of esters is 1. The Kier molecular flexibility index (Phi) is 5.30. The lowest BCUT2D eigenvalue weighted by Crippen LogP contribution is -2.48. The van der Waals surface area contributed by atoms with Crippen LogP contribution in [0.25, 0.3) is 10.6 Å². The molecule has 24 heavy (non-hydrogen) atoms. The molecule has 1 saturated heterocycles. The van der Waals surface area contributed by atoms with E-state index in [-0.39, 0.29) is 11.9 Å². The molecule has 0 spiro atoms. The summed E-state index contributed by atoms with van der Waals surface area (Å²) in [5.74, 6) is -0.407. The van der Waals surface area contributed by atoms with Gasteiger partial charge in [0.15, 0.2) is 0 Å². The second kappa shape index (κ2) is 7.44. The van der Waals surface area contributed by atoms with Crippen LogP contribution < -0.4 is 0 Å². The minimum atomic E-state index is -0.475. The maximum absolute atomic E-state index is 13.0. The number of hydrogen-bond acceptors (Lipinski definition) is 6. The zero-order valence-corrected chi connectivity index (χ0v) is 15.4. The first-order valence-corrected chi connectivity index (χ1v) is 9.85. The number of piperidine rings is 1. The number of aryl methyl sites for hydroxylation is 1. The second-order valence-electron chi connectivity index (χ2n) is 5.71. The fraction of sp³-hybridized carbons (Fsp3) is 0.471. The van der Waals surface area contributed by atoms with Crippen LogP contribution in [0.5, 0.6) is 0 Å². The van der Waals surface area contributed by atoms with Gasteiger partial charge in [0.25, 0.3) is 5.91 Å². The Balaban J connectivity index is 1.85. The van der Waals surface area contributed by atoms with E-state index in [9.17, 15) is 9.59 Å². The van der Waals surface area contributed by atoms with Crippen molar-refractivity contribution in [3.05, 3.63) is 27.4 Å². The molecule has 3 heterocycles. The van der Waals surface area contributed by atoms with Crippen LogP contribution in [0.1, 0.15) is 41.6 Å². The molecule has 1 aliphatic rings. The van der Waals surface area contributed by atoms with Gasteiger partial charge >= 0.3 is 5.97 Å². The average Bonchev–Trinajstić information content (AvgIpc) is 3.24. The van der Waals surface area contributed by atoms with Gasteiger partial charge in [-0.05, 0) is 44.6 Å². The van der Waals surface area contributed by atoms with E-state index in [2.05, 4.69) is 4.98 Å². The molecule has 0 bridgehead atoms. The summed E-state index contributed by atoms with van der Waals surface area (Å²) < 4.78 is 5.15. The molecule has 1 unspecified atom stereocenters. The summed E-state index contributed by atoms with van der Waals surface area (Å²) in [6, 6.07) is 1.52. The van der Waals surface area contributed by atoms with Crippen molar-refractivity contribution < 1.29 is 14.3 Å². The van der Waals surface area contributed by atoms with Gasteiger partial charge in [-0.3, -0.25) is 4.79 Å². The first kappa shape index (κ1) is 17.1. The lowest BCUT2D eigenvalue weighted by Gasteiger charge is -2.33. The highest BCUT2D eigenvalue weighted by molar-refractivity contribution is 7.17. The molecular formula is C17H20N2O3S2. The Hall–Kier alpha value is -1.73. The van der Waals surface area contributed by atoms with Gasteiger partial charge < -0.3 is 9.64 Å². The van der Waals surface area contributed by atoms with E-state index in [1.807, 2.05) is 23.8 Å². The largest absolute Gasteiger partial charge is 0.464 e. The molecule has 0 aliphatic carbocycles. The first-order chi connectivity index (χ1) is 11.6. The zero-order chi connectivity index (χ0) is 17.1. The van der Waals surface area contributed by atoms with Crippen LogP contribution in [0, 0.1) is 6.92 Å². The second-order valence-corrected chi connectivity index (χ2v) is 7.49. The summed E-state index contributed by atoms with van der Waals surface area (Å²) in [5, 5.41) is 4.87. The number of hydrogen-bond donors (Lipinski definition) is 0. The number of carbonyl (C=O) groups excluding carboxylic acids is 2. The van der Waals surface area contributed by atoms with Gasteiger partial charge in [-0.2, -0.15) is 11.3 Å². The molecule has 7 heteroatoms. The van der Waals surface area contributed by atoms with Crippen molar-refractivity contribution in [1.82, 2.24) is 9.88 Å². The van der Waals surface area contributed by atoms with Crippen LogP contribution in [-0.2, 0) is 9.53 Å². The molecule has 128 valence electrons. The standard InChI is InChI=1S/C17H20N2O3S2/c1-3-22-17(21)13-6-4-5-8-19(13)16(20)14-11(2)18-15(24-14)12-7-9-23-10-12/h7,9-10,13H,3-6,8H2,1-2H3. The molecule has 0 saturated carbocycles. The number of aromatic nitrogens is 1. The van der Waals surface area contributed by atoms with Gasteiger partial charge in [0.2, 0.25) is 0 Å². The fourth-order valence-corrected chi connectivity index (χ4v) is 4.63. The Morgan fingerprint density at radius 1 is 1.42 bits per heavy atom. The van der Waals surface area contributed by atoms with Crippen LogP contribution >= 0.6 is 22.7 Å². The van der Waals surface area contributed by atoms with Crippen molar-refractivity contribution in [2.75, 3.05) is 13.2 Å². The van der Waals surface area contributed by atoms with Crippen molar-refractivity contribution in [2.24, 2.45) is 0 Å². The van der Waals surface area contributed by atoms with E-state index in [0.717, 1.165) is 29.1 Å². The molecule has 0 N–H and O–H groups in total. The number of nitrogens with zero attached hydrogens (tertiary/aromatic N) is 2. The third-order valence-electron chi connectivity index (χ3n) is 4.08. The predicted octanol–water partition coefficient (Wildman–Crippen LogP) is 3.74. The molecule has 1 atom stereocenters. The maximum Gasteiger partial charge on any atom is 0.328 e. The highest BCUT2D eigenvalue weighted by Gasteiger charge is 2.35. The first-order valence-electron chi connectivity index (χ1n) is 8.09. The molecule has 1 amide bonds. The number of likely N-dealkylation sites (tertiary alicyclic amines) is 1. The molecular weight excluding hydrogens is 344 g/mol. The minimum absolute atomic E-state index is 0.107. The Morgan fingerprint density at radius 3 is 2.96 bits per heavy atom. The van der Waals surface area contributed by atoms with Gasteiger partial charge in [-0.1, -0.05) is 0 Å². The van der Waals surface area contributed by atoms with Crippen LogP contribution in [-0.4, -0.2) is 41.0 Å². The van der Waals surface area contributed by atoms with Crippen LogP contribution in [0.4, 0.5) is 0 Å². The molecule has 5 nitrogen and oxygen atoms in total. The number of rotatable bonds is 4. The maximum atomic E-state index is 13.0. The molecule has 0 aromatic carbocycles. The quantitative estimate of drug-likeness (QED) is 0.776. The summed E-state index contributed by atoms with van der Waals surface area (Å²) in [5.41, 5.74) is 1.76. The highest BCUT2D eigenvalue weighted by Crippen LogP contribution is 2.31. The van der Waals surface area contributed by atoms with E-state index in [1.165, 1.54) is 11.3 Å². The van der Waals surface area contributed by atoms with Gasteiger partial charge in [0.05, 0.1) is 12.3 Å². The van der Waals surface area contributed by atoms with Crippen LogP contribution in [0.15, 0.2) is 16.8 Å². The molecule has 1 aliphatic heterocycles. The molecule has 0 radical (unpaired) electrons. The summed E-state index contributed by atoms with van der Waals surface area (Å²) >= 11 is 3.00. The molecule has 2 aromatic rings. The third kappa shape index (κ3) is 3.37. The molecule has 2 aromatic heterocycles. The van der Waals surface area contributed by atoms with Crippen molar-refractivity contribution in [1.29, 1.82) is 0 Å². The van der Waals surface area contributed by atoms with E-state index in [1.54, 1.807) is 23.2 Å². The van der Waals surface area contributed by atoms with Gasteiger partial charge in [-0.15, -0.1) is 11.3 Å². The predicted molar refractivity (Wildman–Crippen MR) is 95.5 cm³/mol. The van der Waals surface area contributed by atoms with Gasteiger partial charge in [-0.25, -0.2) is 9.78 Å². The minimum Gasteiger partial charge on any atom is -0.464 e. The number of ether oxygens (including phenoxy) is 1. The topological polar surface area (TPSA) is 59.5 Å². The molecule has 1 fully saturated rings. The third-order valence-corrected chi connectivity index (χ3v) is 5.96. The van der Waals surface area contributed by atoms with Crippen LogP contribution in [0.3, 0.4) is 0 Å². The average molecular weight is 364 g/mol. The summed E-state index contributed by atoms with van der Waals surface area (Å²) in [7, 11) is 0. The van der Waals surface area contributed by atoms with Gasteiger partial charge in [0.1, 0.15) is 15.9 Å². The van der Waals surface area contributed by atoms with E-state index in [0.29, 0.717) is 24.4 Å². The lowest BCUT2D eigenvalue weighted by atomic mass is 10.0. The number of carbonyl (C=O) groups is 2.